The highest BCUT2D eigenvalue weighted by Gasteiger charge is 2.28. The number of benzene rings is 1. The lowest BCUT2D eigenvalue weighted by Crippen LogP contribution is -2.33. The first-order valence-corrected chi connectivity index (χ1v) is 7.27. The van der Waals surface area contributed by atoms with E-state index in [4.69, 9.17) is 0 Å². The SMILES string of the molecule is Fc1cccc(C2CNCCC2c2ccsc2)c1. The van der Waals surface area contributed by atoms with Crippen molar-refractivity contribution in [2.24, 2.45) is 0 Å². The summed E-state index contributed by atoms with van der Waals surface area (Å²) in [7, 11) is 0. The van der Waals surface area contributed by atoms with E-state index in [2.05, 4.69) is 22.1 Å². The lowest BCUT2D eigenvalue weighted by molar-refractivity contribution is 0.403. The average molecular weight is 261 g/mol. The molecule has 0 bridgehead atoms. The molecule has 1 saturated heterocycles. The van der Waals surface area contributed by atoms with E-state index in [0.717, 1.165) is 25.1 Å². The zero-order valence-electron chi connectivity index (χ0n) is 10.1. The van der Waals surface area contributed by atoms with Gasteiger partial charge in [-0.2, -0.15) is 11.3 Å². The highest BCUT2D eigenvalue weighted by atomic mass is 32.1. The van der Waals surface area contributed by atoms with Gasteiger partial charge < -0.3 is 5.32 Å². The van der Waals surface area contributed by atoms with Crippen LogP contribution in [0.2, 0.25) is 0 Å². The second kappa shape index (κ2) is 5.21. The fraction of sp³-hybridized carbons (Fsp3) is 0.333. The van der Waals surface area contributed by atoms with Crippen LogP contribution in [0.1, 0.15) is 29.4 Å². The van der Waals surface area contributed by atoms with Crippen LogP contribution in [0.5, 0.6) is 0 Å². The number of hydrogen-bond acceptors (Lipinski definition) is 2. The second-order valence-corrected chi connectivity index (χ2v) is 5.60. The maximum atomic E-state index is 13.4. The Morgan fingerprint density at radius 1 is 1.17 bits per heavy atom. The zero-order valence-corrected chi connectivity index (χ0v) is 10.9. The maximum Gasteiger partial charge on any atom is 0.123 e. The second-order valence-electron chi connectivity index (χ2n) is 4.82. The van der Waals surface area contributed by atoms with E-state index >= 15 is 0 Å². The molecule has 0 radical (unpaired) electrons. The third-order valence-corrected chi connectivity index (χ3v) is 4.43. The molecule has 2 unspecified atom stereocenters. The Morgan fingerprint density at radius 2 is 2.11 bits per heavy atom. The lowest BCUT2D eigenvalue weighted by Gasteiger charge is -2.32. The van der Waals surface area contributed by atoms with Crippen molar-refractivity contribution in [3.8, 4) is 0 Å². The molecular weight excluding hydrogens is 245 g/mol. The van der Waals surface area contributed by atoms with Crippen LogP contribution in [0.15, 0.2) is 41.1 Å². The molecule has 1 aromatic heterocycles. The minimum atomic E-state index is -0.137. The van der Waals surface area contributed by atoms with Gasteiger partial charge in [0.25, 0.3) is 0 Å². The van der Waals surface area contributed by atoms with Crippen molar-refractivity contribution in [2.75, 3.05) is 13.1 Å². The molecule has 0 aliphatic carbocycles. The molecule has 2 heterocycles. The van der Waals surface area contributed by atoms with Crippen LogP contribution < -0.4 is 5.32 Å². The quantitative estimate of drug-likeness (QED) is 0.868. The van der Waals surface area contributed by atoms with E-state index in [1.807, 2.05) is 12.1 Å². The summed E-state index contributed by atoms with van der Waals surface area (Å²) in [6, 6.07) is 9.24. The molecule has 1 aliphatic rings. The average Bonchev–Trinajstić information content (AvgIpc) is 2.92. The monoisotopic (exact) mass is 261 g/mol. The minimum Gasteiger partial charge on any atom is -0.316 e. The molecule has 0 saturated carbocycles. The number of thiophene rings is 1. The van der Waals surface area contributed by atoms with Gasteiger partial charge in [0.15, 0.2) is 0 Å². The molecule has 1 aliphatic heterocycles. The Labute approximate surface area is 111 Å². The van der Waals surface area contributed by atoms with Gasteiger partial charge in [-0.3, -0.25) is 0 Å². The molecule has 3 heteroatoms. The van der Waals surface area contributed by atoms with Crippen LogP contribution in [0.3, 0.4) is 0 Å². The molecule has 1 aromatic carbocycles. The number of hydrogen-bond donors (Lipinski definition) is 1. The van der Waals surface area contributed by atoms with Crippen molar-refractivity contribution in [2.45, 2.75) is 18.3 Å². The molecule has 0 amide bonds. The van der Waals surface area contributed by atoms with Crippen LogP contribution in [0.25, 0.3) is 0 Å². The van der Waals surface area contributed by atoms with E-state index in [0.29, 0.717) is 11.8 Å². The Hall–Kier alpha value is -1.19. The summed E-state index contributed by atoms with van der Waals surface area (Å²) in [6.07, 6.45) is 1.12. The van der Waals surface area contributed by atoms with Crippen LogP contribution in [-0.4, -0.2) is 13.1 Å². The third-order valence-electron chi connectivity index (χ3n) is 3.73. The lowest BCUT2D eigenvalue weighted by atomic mass is 9.78. The van der Waals surface area contributed by atoms with Gasteiger partial charge in [0, 0.05) is 12.5 Å². The summed E-state index contributed by atoms with van der Waals surface area (Å²) < 4.78 is 13.4. The topological polar surface area (TPSA) is 12.0 Å². The van der Waals surface area contributed by atoms with Gasteiger partial charge in [0.05, 0.1) is 0 Å². The van der Waals surface area contributed by atoms with Crippen molar-refractivity contribution in [3.63, 3.8) is 0 Å². The molecule has 2 atom stereocenters. The number of piperidine rings is 1. The van der Waals surface area contributed by atoms with E-state index in [1.54, 1.807) is 17.4 Å². The van der Waals surface area contributed by atoms with Crippen LogP contribution >= 0.6 is 11.3 Å². The van der Waals surface area contributed by atoms with Crippen LogP contribution in [0, 0.1) is 5.82 Å². The summed E-state index contributed by atoms with van der Waals surface area (Å²) >= 11 is 1.74. The summed E-state index contributed by atoms with van der Waals surface area (Å²) in [4.78, 5) is 0. The molecule has 3 rings (SSSR count). The molecule has 94 valence electrons. The summed E-state index contributed by atoms with van der Waals surface area (Å²) in [5.41, 5.74) is 2.51. The van der Waals surface area contributed by atoms with Gasteiger partial charge in [0.1, 0.15) is 5.82 Å². The van der Waals surface area contributed by atoms with Crippen molar-refractivity contribution in [1.29, 1.82) is 0 Å². The van der Waals surface area contributed by atoms with Gasteiger partial charge in [-0.05, 0) is 59.0 Å². The van der Waals surface area contributed by atoms with Crippen LogP contribution in [0.4, 0.5) is 4.39 Å². The van der Waals surface area contributed by atoms with Gasteiger partial charge in [-0.25, -0.2) is 4.39 Å². The Kier molecular flexibility index (Phi) is 3.43. The molecular formula is C15H16FNS. The third kappa shape index (κ3) is 2.33. The van der Waals surface area contributed by atoms with E-state index in [9.17, 15) is 4.39 Å². The van der Waals surface area contributed by atoms with Crippen molar-refractivity contribution < 1.29 is 4.39 Å². The summed E-state index contributed by atoms with van der Waals surface area (Å²) in [5.74, 6) is 0.755. The highest BCUT2D eigenvalue weighted by Crippen LogP contribution is 2.38. The van der Waals surface area contributed by atoms with E-state index in [1.165, 1.54) is 11.6 Å². The van der Waals surface area contributed by atoms with Gasteiger partial charge in [0.2, 0.25) is 0 Å². The molecule has 0 spiro atoms. The zero-order chi connectivity index (χ0) is 12.4. The number of nitrogens with one attached hydrogen (secondary N) is 1. The Balaban J connectivity index is 1.93. The molecule has 1 nitrogen and oxygen atoms in total. The fourth-order valence-corrected chi connectivity index (χ4v) is 3.56. The van der Waals surface area contributed by atoms with E-state index in [-0.39, 0.29) is 5.82 Å². The molecule has 18 heavy (non-hydrogen) atoms. The highest BCUT2D eigenvalue weighted by molar-refractivity contribution is 7.07. The molecule has 1 fully saturated rings. The number of rotatable bonds is 2. The Bertz CT molecular complexity index is 509. The first-order valence-electron chi connectivity index (χ1n) is 6.33. The normalized spacial score (nSPS) is 24.1. The predicted molar refractivity (Wildman–Crippen MR) is 73.7 cm³/mol. The van der Waals surface area contributed by atoms with E-state index < -0.39 is 0 Å². The van der Waals surface area contributed by atoms with Crippen molar-refractivity contribution in [1.82, 2.24) is 5.32 Å². The fourth-order valence-electron chi connectivity index (χ4n) is 2.83. The predicted octanol–water partition coefficient (Wildman–Crippen LogP) is 3.75. The molecule has 2 aromatic rings. The van der Waals surface area contributed by atoms with Crippen molar-refractivity contribution in [3.05, 3.63) is 58.0 Å². The number of halogens is 1. The largest absolute Gasteiger partial charge is 0.316 e. The van der Waals surface area contributed by atoms with Crippen LogP contribution in [-0.2, 0) is 0 Å². The minimum absolute atomic E-state index is 0.137. The van der Waals surface area contributed by atoms with Gasteiger partial charge >= 0.3 is 0 Å². The summed E-state index contributed by atoms with van der Waals surface area (Å²) in [5, 5.41) is 7.78. The Morgan fingerprint density at radius 3 is 2.89 bits per heavy atom. The van der Waals surface area contributed by atoms with Gasteiger partial charge in [-0.15, -0.1) is 0 Å². The maximum absolute atomic E-state index is 13.4. The van der Waals surface area contributed by atoms with Gasteiger partial charge in [-0.1, -0.05) is 12.1 Å². The first kappa shape index (κ1) is 11.9. The van der Waals surface area contributed by atoms with Crippen molar-refractivity contribution >= 4 is 11.3 Å². The standard InChI is InChI=1S/C15H16FNS/c16-13-3-1-2-11(8-13)15-9-17-6-4-14(15)12-5-7-18-10-12/h1-3,5,7-8,10,14-15,17H,4,6,9H2. The molecule has 1 N–H and O–H groups in total. The summed E-state index contributed by atoms with van der Waals surface area (Å²) in [6.45, 7) is 1.98. The first-order chi connectivity index (χ1) is 8.84. The smallest absolute Gasteiger partial charge is 0.123 e.